The van der Waals surface area contributed by atoms with E-state index in [1.54, 1.807) is 0 Å². The van der Waals surface area contributed by atoms with Crippen LogP contribution in [0.15, 0.2) is 30.5 Å². The zero-order valence-corrected chi connectivity index (χ0v) is 6.75. The molecule has 2 aromatic rings. The van der Waals surface area contributed by atoms with Crippen LogP contribution in [0.25, 0.3) is 10.8 Å². The highest BCUT2D eigenvalue weighted by atomic mass is 14.7. The molecule has 0 spiro atoms. The van der Waals surface area contributed by atoms with Crippen LogP contribution < -0.4 is 0 Å². The summed E-state index contributed by atoms with van der Waals surface area (Å²) >= 11 is 0. The highest BCUT2D eigenvalue weighted by Gasteiger charge is 2.16. The molecule has 0 unspecified atom stereocenters. The highest BCUT2D eigenvalue weighted by molar-refractivity contribution is 5.86. The lowest BCUT2D eigenvalue weighted by molar-refractivity contribution is 0.802. The molecule has 0 saturated carbocycles. The van der Waals surface area contributed by atoms with Gasteiger partial charge in [0, 0.05) is 17.3 Å². The average Bonchev–Trinajstić information content (AvgIpc) is 2.05. The van der Waals surface area contributed by atoms with Crippen LogP contribution >= 0.6 is 0 Å². The fraction of sp³-hybridized carbons (Fsp3) is 0.182. The largest absolute Gasteiger partial charge is 0.260 e. The molecule has 1 heteroatoms. The second-order valence-corrected chi connectivity index (χ2v) is 3.27. The molecule has 0 bridgehead atoms. The molecule has 12 heavy (non-hydrogen) atoms. The van der Waals surface area contributed by atoms with Gasteiger partial charge < -0.3 is 0 Å². The molecule has 1 aliphatic carbocycles. The number of nitrogens with zero attached hydrogens (tertiary/aromatic N) is 1. The number of rotatable bonds is 0. The number of hydrogen-bond donors (Lipinski definition) is 0. The van der Waals surface area contributed by atoms with E-state index in [4.69, 9.17) is 0 Å². The zero-order chi connectivity index (χ0) is 7.97. The number of aryl methyl sites for hydroxylation is 2. The predicted molar refractivity (Wildman–Crippen MR) is 49.2 cm³/mol. The maximum atomic E-state index is 4.39. The van der Waals surface area contributed by atoms with Gasteiger partial charge in [0.2, 0.25) is 0 Å². The van der Waals surface area contributed by atoms with Crippen LogP contribution in [-0.4, -0.2) is 4.98 Å². The van der Waals surface area contributed by atoms with Crippen molar-refractivity contribution in [3.8, 4) is 0 Å². The van der Waals surface area contributed by atoms with Gasteiger partial charge in [-0.2, -0.15) is 0 Å². The Hall–Kier alpha value is -1.37. The first-order chi connectivity index (χ1) is 5.95. The third-order valence-corrected chi connectivity index (χ3v) is 2.61. The molecule has 1 nitrogen and oxygen atoms in total. The third-order valence-electron chi connectivity index (χ3n) is 2.61. The maximum absolute atomic E-state index is 4.39. The standard InChI is InChI=1S/C11H9N/c1-2-4-9-8(3-1)7-12-11-6-5-10(9)11/h1-4,7H,5-6H2. The van der Waals surface area contributed by atoms with Crippen molar-refractivity contribution in [3.63, 3.8) is 0 Å². The minimum absolute atomic E-state index is 1.17. The first-order valence-electron chi connectivity index (χ1n) is 4.30. The fourth-order valence-corrected chi connectivity index (χ4v) is 1.83. The fourth-order valence-electron chi connectivity index (χ4n) is 1.83. The van der Waals surface area contributed by atoms with Gasteiger partial charge in [0.1, 0.15) is 0 Å². The Kier molecular flexibility index (Phi) is 1.06. The summed E-state index contributed by atoms with van der Waals surface area (Å²) < 4.78 is 0. The molecule has 1 aromatic heterocycles. The van der Waals surface area contributed by atoms with Gasteiger partial charge in [-0.15, -0.1) is 0 Å². The summed E-state index contributed by atoms with van der Waals surface area (Å²) in [5, 5.41) is 2.67. The summed E-state index contributed by atoms with van der Waals surface area (Å²) in [6.45, 7) is 0. The molecule has 58 valence electrons. The van der Waals surface area contributed by atoms with E-state index in [2.05, 4.69) is 29.2 Å². The molecule has 0 saturated heterocycles. The summed E-state index contributed by atoms with van der Waals surface area (Å²) in [6.07, 6.45) is 4.36. The van der Waals surface area contributed by atoms with Crippen LogP contribution in [0.3, 0.4) is 0 Å². The van der Waals surface area contributed by atoms with Crippen molar-refractivity contribution in [2.24, 2.45) is 0 Å². The van der Waals surface area contributed by atoms with Gasteiger partial charge in [0.15, 0.2) is 0 Å². The normalized spacial score (nSPS) is 14.0. The van der Waals surface area contributed by atoms with Crippen LogP contribution in [0.1, 0.15) is 11.3 Å². The number of pyridine rings is 1. The second kappa shape index (κ2) is 2.07. The topological polar surface area (TPSA) is 12.9 Å². The van der Waals surface area contributed by atoms with Crippen molar-refractivity contribution in [1.82, 2.24) is 4.98 Å². The van der Waals surface area contributed by atoms with Crippen molar-refractivity contribution in [2.45, 2.75) is 12.8 Å². The lowest BCUT2D eigenvalue weighted by atomic mass is 9.89. The van der Waals surface area contributed by atoms with E-state index in [9.17, 15) is 0 Å². The molecule has 0 amide bonds. The summed E-state index contributed by atoms with van der Waals surface area (Å²) in [7, 11) is 0. The molecule has 0 radical (unpaired) electrons. The van der Waals surface area contributed by atoms with Crippen molar-refractivity contribution in [1.29, 1.82) is 0 Å². The summed E-state index contributed by atoms with van der Waals surface area (Å²) in [5.41, 5.74) is 2.77. The van der Waals surface area contributed by atoms with Gasteiger partial charge in [-0.05, 0) is 23.8 Å². The summed E-state index contributed by atoms with van der Waals surface area (Å²) in [5.74, 6) is 0. The molecular formula is C11H9N. The van der Waals surface area contributed by atoms with Gasteiger partial charge in [0.25, 0.3) is 0 Å². The molecule has 1 heterocycles. The molecule has 1 aromatic carbocycles. The summed E-state index contributed by atoms with van der Waals surface area (Å²) in [6, 6.07) is 8.48. The van der Waals surface area contributed by atoms with Gasteiger partial charge in [-0.1, -0.05) is 24.3 Å². The maximum Gasteiger partial charge on any atom is 0.0445 e. The molecule has 0 fully saturated rings. The molecule has 1 aliphatic rings. The van der Waals surface area contributed by atoms with E-state index >= 15 is 0 Å². The Morgan fingerprint density at radius 2 is 2.00 bits per heavy atom. The lowest BCUT2D eigenvalue weighted by Gasteiger charge is -2.18. The van der Waals surface area contributed by atoms with E-state index < -0.39 is 0 Å². The predicted octanol–water partition coefficient (Wildman–Crippen LogP) is 2.33. The lowest BCUT2D eigenvalue weighted by Crippen LogP contribution is -2.10. The van der Waals surface area contributed by atoms with Gasteiger partial charge in [0.05, 0.1) is 0 Å². The Bertz CT molecular complexity index is 446. The van der Waals surface area contributed by atoms with Crippen LogP contribution in [0.2, 0.25) is 0 Å². The molecule has 3 rings (SSSR count). The number of hydrogen-bond acceptors (Lipinski definition) is 1. The highest BCUT2D eigenvalue weighted by Crippen LogP contribution is 2.28. The van der Waals surface area contributed by atoms with E-state index in [0.29, 0.717) is 0 Å². The number of aromatic nitrogens is 1. The zero-order valence-electron chi connectivity index (χ0n) is 6.75. The molecule has 0 aliphatic heterocycles. The van der Waals surface area contributed by atoms with Crippen LogP contribution in [0.4, 0.5) is 0 Å². The van der Waals surface area contributed by atoms with E-state index in [-0.39, 0.29) is 0 Å². The molecular weight excluding hydrogens is 146 g/mol. The Labute approximate surface area is 71.1 Å². The van der Waals surface area contributed by atoms with Crippen molar-refractivity contribution in [2.75, 3.05) is 0 Å². The van der Waals surface area contributed by atoms with Crippen LogP contribution in [0.5, 0.6) is 0 Å². The van der Waals surface area contributed by atoms with Crippen molar-refractivity contribution in [3.05, 3.63) is 41.7 Å². The molecule has 0 atom stereocenters. The van der Waals surface area contributed by atoms with Gasteiger partial charge in [-0.25, -0.2) is 0 Å². The number of fused-ring (bicyclic) bond motifs is 3. The van der Waals surface area contributed by atoms with Crippen LogP contribution in [0, 0.1) is 0 Å². The van der Waals surface area contributed by atoms with Crippen LogP contribution in [-0.2, 0) is 12.8 Å². The SMILES string of the molecule is c1ccc2c3c(ncc2c1)CC3. The first kappa shape index (κ1) is 6.18. The first-order valence-corrected chi connectivity index (χ1v) is 4.30. The minimum atomic E-state index is 1.17. The quantitative estimate of drug-likeness (QED) is 0.569. The number of benzene rings is 1. The van der Waals surface area contributed by atoms with Gasteiger partial charge >= 0.3 is 0 Å². The van der Waals surface area contributed by atoms with Gasteiger partial charge in [-0.3, -0.25) is 4.98 Å². The Morgan fingerprint density at radius 3 is 2.83 bits per heavy atom. The molecule has 0 N–H and O–H groups in total. The monoisotopic (exact) mass is 155 g/mol. The summed E-state index contributed by atoms with van der Waals surface area (Å²) in [4.78, 5) is 4.39. The average molecular weight is 155 g/mol. The van der Waals surface area contributed by atoms with E-state index in [1.807, 2.05) is 6.20 Å². The minimum Gasteiger partial charge on any atom is -0.260 e. The van der Waals surface area contributed by atoms with E-state index in [1.165, 1.54) is 34.9 Å². The van der Waals surface area contributed by atoms with E-state index in [0.717, 1.165) is 0 Å². The second-order valence-electron chi connectivity index (χ2n) is 3.27. The Balaban J connectivity index is 2.49. The Morgan fingerprint density at radius 1 is 1.08 bits per heavy atom. The third kappa shape index (κ3) is 0.658. The van der Waals surface area contributed by atoms with Crippen molar-refractivity contribution >= 4 is 10.8 Å². The van der Waals surface area contributed by atoms with Crippen molar-refractivity contribution < 1.29 is 0 Å². The smallest absolute Gasteiger partial charge is 0.0445 e.